The molecule has 3 aromatic rings. The van der Waals surface area contributed by atoms with E-state index in [2.05, 4.69) is 39.5 Å². The van der Waals surface area contributed by atoms with Crippen LogP contribution < -0.4 is 11.1 Å². The van der Waals surface area contributed by atoms with Gasteiger partial charge in [-0.3, -0.25) is 20.2 Å². The molecule has 29 heavy (non-hydrogen) atoms. The van der Waals surface area contributed by atoms with E-state index in [-0.39, 0.29) is 5.69 Å². The molecule has 1 aromatic heterocycles. The molecule has 3 N–H and O–H groups in total. The molecule has 0 aliphatic carbocycles. The highest BCUT2D eigenvalue weighted by molar-refractivity contribution is 7.71. The lowest BCUT2D eigenvalue weighted by molar-refractivity contribution is -0.384. The van der Waals surface area contributed by atoms with Crippen LogP contribution in [0.5, 0.6) is 0 Å². The van der Waals surface area contributed by atoms with E-state index in [0.29, 0.717) is 17.0 Å². The molecule has 2 heterocycles. The average molecular weight is 409 g/mol. The maximum Gasteiger partial charge on any atom is 0.269 e. The molecular weight excluding hydrogens is 390 g/mol. The first-order valence-electron chi connectivity index (χ1n) is 8.91. The Kier molecular flexibility index (Phi) is 4.87. The van der Waals surface area contributed by atoms with Crippen molar-refractivity contribution in [2.45, 2.75) is 20.4 Å². The molecule has 0 saturated carbocycles. The Bertz CT molecular complexity index is 1140. The van der Waals surface area contributed by atoms with Gasteiger partial charge in [-0.25, -0.2) is 10.2 Å². The molecule has 0 spiro atoms. The molecule has 0 bridgehead atoms. The van der Waals surface area contributed by atoms with E-state index in [1.54, 1.807) is 17.1 Å². The van der Waals surface area contributed by atoms with Gasteiger partial charge < -0.3 is 0 Å². The summed E-state index contributed by atoms with van der Waals surface area (Å²) >= 11 is 5.69. The second-order valence-electron chi connectivity index (χ2n) is 6.84. The number of H-pyrrole nitrogens is 1. The number of hydrogen-bond donors (Lipinski definition) is 3. The van der Waals surface area contributed by atoms with Gasteiger partial charge in [0.1, 0.15) is 4.64 Å². The Morgan fingerprint density at radius 1 is 1.14 bits per heavy atom. The summed E-state index contributed by atoms with van der Waals surface area (Å²) < 4.78 is 2.45. The molecule has 0 fully saturated rings. The zero-order valence-electron chi connectivity index (χ0n) is 15.8. The van der Waals surface area contributed by atoms with E-state index in [1.165, 1.54) is 12.1 Å². The number of hydrazine groups is 2. The number of benzene rings is 2. The Labute approximate surface area is 171 Å². The van der Waals surface area contributed by atoms with E-state index in [0.717, 1.165) is 27.9 Å². The SMILES string of the molecule is Cc1cc(C)cc(-n2[nH]cc(C3=NNNN3Cc3ccc([N+](=O)[O-])cc3)c2=S)c1. The van der Waals surface area contributed by atoms with Crippen LogP contribution in [0.1, 0.15) is 22.3 Å². The molecule has 0 unspecified atom stereocenters. The summed E-state index contributed by atoms with van der Waals surface area (Å²) in [6, 6.07) is 12.6. The number of hydrogen-bond acceptors (Lipinski definition) is 7. The number of rotatable bonds is 5. The first-order valence-corrected chi connectivity index (χ1v) is 9.32. The fourth-order valence-electron chi connectivity index (χ4n) is 3.28. The zero-order valence-corrected chi connectivity index (χ0v) is 16.7. The first kappa shape index (κ1) is 18.8. The summed E-state index contributed by atoms with van der Waals surface area (Å²) in [7, 11) is 0. The van der Waals surface area contributed by atoms with Gasteiger partial charge >= 0.3 is 0 Å². The number of nitro benzene ring substituents is 1. The number of nitrogens with zero attached hydrogens (tertiary/aromatic N) is 4. The topological polar surface area (TPSA) is 104 Å². The van der Waals surface area contributed by atoms with Crippen molar-refractivity contribution >= 4 is 23.7 Å². The summed E-state index contributed by atoms with van der Waals surface area (Å²) in [4.78, 5) is 10.4. The van der Waals surface area contributed by atoms with Crippen LogP contribution in [-0.2, 0) is 6.54 Å². The Hall–Kier alpha value is -3.50. The van der Waals surface area contributed by atoms with Crippen molar-refractivity contribution in [3.05, 3.63) is 85.7 Å². The second kappa shape index (κ2) is 7.49. The molecule has 1 aliphatic heterocycles. The van der Waals surface area contributed by atoms with Crippen LogP contribution in [0.15, 0.2) is 53.8 Å². The molecule has 0 radical (unpaired) electrons. The fourth-order valence-corrected chi connectivity index (χ4v) is 3.59. The molecule has 148 valence electrons. The number of aromatic amines is 1. The third-order valence-electron chi connectivity index (χ3n) is 4.57. The lowest BCUT2D eigenvalue weighted by Crippen LogP contribution is -2.40. The van der Waals surface area contributed by atoms with E-state index < -0.39 is 4.92 Å². The smallest absolute Gasteiger partial charge is 0.269 e. The van der Waals surface area contributed by atoms with Crippen molar-refractivity contribution in [3.8, 4) is 5.69 Å². The third-order valence-corrected chi connectivity index (χ3v) is 4.97. The summed E-state index contributed by atoms with van der Waals surface area (Å²) in [5, 5.41) is 20.1. The molecule has 2 aromatic carbocycles. The van der Waals surface area contributed by atoms with Crippen molar-refractivity contribution in [3.63, 3.8) is 0 Å². The predicted octanol–water partition coefficient (Wildman–Crippen LogP) is 3.25. The van der Waals surface area contributed by atoms with Crippen LogP contribution in [0.4, 0.5) is 5.69 Å². The minimum Gasteiger partial charge on any atom is -0.299 e. The molecule has 0 amide bonds. The van der Waals surface area contributed by atoms with Crippen molar-refractivity contribution < 1.29 is 4.92 Å². The van der Waals surface area contributed by atoms with Crippen molar-refractivity contribution in [2.75, 3.05) is 0 Å². The minimum absolute atomic E-state index is 0.0584. The molecule has 4 rings (SSSR count). The average Bonchev–Trinajstić information content (AvgIpc) is 3.27. The minimum atomic E-state index is -0.415. The molecular formula is C19H19N7O2S. The van der Waals surface area contributed by atoms with Crippen LogP contribution in [0.2, 0.25) is 0 Å². The van der Waals surface area contributed by atoms with Gasteiger partial charge in [-0.15, -0.1) is 10.6 Å². The summed E-state index contributed by atoms with van der Waals surface area (Å²) in [6.07, 6.45) is 1.82. The number of hydrazone groups is 1. The van der Waals surface area contributed by atoms with Gasteiger partial charge in [0, 0.05) is 18.3 Å². The summed E-state index contributed by atoms with van der Waals surface area (Å²) in [5.41, 5.74) is 10.7. The molecule has 1 aliphatic rings. The van der Waals surface area contributed by atoms with Gasteiger partial charge in [-0.05, 0) is 42.7 Å². The monoisotopic (exact) mass is 409 g/mol. The van der Waals surface area contributed by atoms with Crippen molar-refractivity contribution in [1.82, 2.24) is 25.9 Å². The lowest BCUT2D eigenvalue weighted by Gasteiger charge is -2.18. The number of aryl methyl sites for hydroxylation is 2. The van der Waals surface area contributed by atoms with E-state index in [1.807, 2.05) is 24.7 Å². The molecule has 0 saturated heterocycles. The highest BCUT2D eigenvalue weighted by Crippen LogP contribution is 2.19. The fraction of sp³-hybridized carbons (Fsp3) is 0.158. The van der Waals surface area contributed by atoms with Gasteiger partial charge in [0.25, 0.3) is 5.69 Å². The third kappa shape index (κ3) is 3.75. The number of non-ortho nitro benzene ring substituents is 1. The summed E-state index contributed by atoms with van der Waals surface area (Å²) in [5.74, 6) is 0.632. The van der Waals surface area contributed by atoms with Crippen molar-refractivity contribution in [1.29, 1.82) is 0 Å². The normalized spacial score (nSPS) is 13.3. The maximum atomic E-state index is 10.8. The zero-order chi connectivity index (χ0) is 20.5. The molecule has 0 atom stereocenters. The number of nitrogens with one attached hydrogen (secondary N) is 3. The van der Waals surface area contributed by atoms with Gasteiger partial charge in [0.05, 0.1) is 22.7 Å². The first-order chi connectivity index (χ1) is 13.9. The largest absolute Gasteiger partial charge is 0.299 e. The van der Waals surface area contributed by atoms with Crippen LogP contribution in [0.25, 0.3) is 5.69 Å². The van der Waals surface area contributed by atoms with Crippen LogP contribution in [-0.4, -0.2) is 25.5 Å². The van der Waals surface area contributed by atoms with E-state index in [9.17, 15) is 10.1 Å². The van der Waals surface area contributed by atoms with Crippen LogP contribution in [0.3, 0.4) is 0 Å². The van der Waals surface area contributed by atoms with Gasteiger partial charge in [0.2, 0.25) is 0 Å². The maximum absolute atomic E-state index is 10.8. The van der Waals surface area contributed by atoms with Crippen LogP contribution >= 0.6 is 12.2 Å². The number of amidine groups is 1. The number of nitro groups is 1. The second-order valence-corrected chi connectivity index (χ2v) is 7.23. The Morgan fingerprint density at radius 3 is 2.48 bits per heavy atom. The van der Waals surface area contributed by atoms with Gasteiger partial charge in [0.15, 0.2) is 5.84 Å². The molecule has 9 nitrogen and oxygen atoms in total. The quantitative estimate of drug-likeness (QED) is 0.340. The van der Waals surface area contributed by atoms with Crippen molar-refractivity contribution in [2.24, 2.45) is 5.10 Å². The van der Waals surface area contributed by atoms with Gasteiger partial charge in [-0.1, -0.05) is 30.4 Å². The highest BCUT2D eigenvalue weighted by atomic mass is 32.1. The van der Waals surface area contributed by atoms with E-state index >= 15 is 0 Å². The predicted molar refractivity (Wildman–Crippen MR) is 112 cm³/mol. The highest BCUT2D eigenvalue weighted by Gasteiger charge is 2.22. The van der Waals surface area contributed by atoms with Gasteiger partial charge in [-0.2, -0.15) is 0 Å². The lowest BCUT2D eigenvalue weighted by atomic mass is 10.1. The number of aromatic nitrogens is 2. The van der Waals surface area contributed by atoms with Crippen LogP contribution in [0, 0.1) is 28.6 Å². The van der Waals surface area contributed by atoms with E-state index in [4.69, 9.17) is 12.2 Å². The standard InChI is InChI=1S/C19H19N7O2S/c1-12-7-13(2)9-16(8-12)25-19(29)17(10-20-25)18-21-22-23-24(18)11-14-3-5-15(6-4-14)26(27)28/h3-10,20,22-23H,11H2,1-2H3. The summed E-state index contributed by atoms with van der Waals surface area (Å²) in [6.45, 7) is 4.54. The Balaban J connectivity index is 1.60. The molecule has 10 heteroatoms. The Morgan fingerprint density at radius 2 is 1.83 bits per heavy atom.